The van der Waals surface area contributed by atoms with E-state index in [1.807, 2.05) is 0 Å². The Morgan fingerprint density at radius 1 is 1.14 bits per heavy atom. The predicted octanol–water partition coefficient (Wildman–Crippen LogP) is 4.23. The Hall–Kier alpha value is -3.03. The van der Waals surface area contributed by atoms with Gasteiger partial charge >= 0.3 is 12.1 Å². The molecule has 28 heavy (non-hydrogen) atoms. The molecule has 150 valence electrons. The number of aliphatic carboxylic acids is 1. The molecule has 0 fully saturated rings. The molecule has 2 N–H and O–H groups in total. The quantitative estimate of drug-likeness (QED) is 0.736. The van der Waals surface area contributed by atoms with Gasteiger partial charge in [-0.15, -0.1) is 0 Å². The number of amides is 1. The van der Waals surface area contributed by atoms with E-state index in [1.54, 1.807) is 24.3 Å². The van der Waals surface area contributed by atoms with Crippen LogP contribution in [0.5, 0.6) is 5.75 Å². The van der Waals surface area contributed by atoms with Crippen LogP contribution in [0.2, 0.25) is 0 Å². The van der Waals surface area contributed by atoms with Crippen molar-refractivity contribution in [1.82, 2.24) is 0 Å². The topological polar surface area (TPSA) is 75.6 Å². The number of carbonyl (C=O) groups excluding carboxylic acids is 1. The summed E-state index contributed by atoms with van der Waals surface area (Å²) < 4.78 is 43.4. The first kappa shape index (κ1) is 21.3. The Bertz CT molecular complexity index is 834. The largest absolute Gasteiger partial charge is 0.497 e. The molecule has 2 aromatic rings. The molecule has 0 aromatic heterocycles. The van der Waals surface area contributed by atoms with Gasteiger partial charge in [-0.1, -0.05) is 25.1 Å². The average molecular weight is 395 g/mol. The van der Waals surface area contributed by atoms with E-state index < -0.39 is 35.5 Å². The molecule has 0 aliphatic carbocycles. The van der Waals surface area contributed by atoms with Crippen molar-refractivity contribution in [3.63, 3.8) is 0 Å². The Morgan fingerprint density at radius 3 is 2.32 bits per heavy atom. The van der Waals surface area contributed by atoms with Crippen molar-refractivity contribution in [2.45, 2.75) is 19.5 Å². The molecule has 0 saturated heterocycles. The molecule has 2 atom stereocenters. The number of alkyl halides is 3. The summed E-state index contributed by atoms with van der Waals surface area (Å²) in [6.07, 6.45) is -4.44. The maximum Gasteiger partial charge on any atom is 0.416 e. The lowest BCUT2D eigenvalue weighted by Crippen LogP contribution is -2.33. The average Bonchev–Trinajstić information content (AvgIpc) is 2.65. The molecule has 0 aliphatic rings. The maximum absolute atomic E-state index is 12.8. The summed E-state index contributed by atoms with van der Waals surface area (Å²) in [6.45, 7) is 1.44. The zero-order valence-corrected chi connectivity index (χ0v) is 15.3. The van der Waals surface area contributed by atoms with E-state index in [2.05, 4.69) is 5.32 Å². The molecule has 0 spiro atoms. The first-order chi connectivity index (χ1) is 13.1. The number of carboxylic acid groups (broad SMARTS) is 1. The monoisotopic (exact) mass is 395 g/mol. The summed E-state index contributed by atoms with van der Waals surface area (Å²) >= 11 is 0. The van der Waals surface area contributed by atoms with Gasteiger partial charge in [-0.3, -0.25) is 9.59 Å². The summed E-state index contributed by atoms with van der Waals surface area (Å²) in [7, 11) is 1.51. The third-order valence-corrected chi connectivity index (χ3v) is 4.41. The van der Waals surface area contributed by atoms with Crippen molar-refractivity contribution in [3.05, 3.63) is 59.7 Å². The lowest BCUT2D eigenvalue weighted by molar-refractivity contribution is -0.145. The van der Waals surface area contributed by atoms with E-state index in [1.165, 1.54) is 26.2 Å². The van der Waals surface area contributed by atoms with Gasteiger partial charge in [0.2, 0.25) is 5.91 Å². The second-order valence-electron chi connectivity index (χ2n) is 6.35. The van der Waals surface area contributed by atoms with Crippen molar-refractivity contribution in [1.29, 1.82) is 0 Å². The van der Waals surface area contributed by atoms with E-state index in [4.69, 9.17) is 4.74 Å². The Morgan fingerprint density at radius 2 is 1.79 bits per heavy atom. The number of halogens is 3. The molecular weight excluding hydrogens is 375 g/mol. The van der Waals surface area contributed by atoms with Crippen LogP contribution >= 0.6 is 0 Å². The van der Waals surface area contributed by atoms with Crippen LogP contribution in [-0.2, 0) is 22.2 Å². The minimum absolute atomic E-state index is 0.0414. The zero-order chi connectivity index (χ0) is 20.9. The van der Waals surface area contributed by atoms with Crippen molar-refractivity contribution < 1.29 is 32.6 Å². The number of hydrogen-bond acceptors (Lipinski definition) is 3. The van der Waals surface area contributed by atoms with Gasteiger partial charge in [0.05, 0.1) is 18.6 Å². The highest BCUT2D eigenvalue weighted by Crippen LogP contribution is 2.31. The number of ether oxygens (including phenoxy) is 1. The van der Waals surface area contributed by atoms with Crippen LogP contribution in [0.1, 0.15) is 18.1 Å². The lowest BCUT2D eigenvalue weighted by Gasteiger charge is -2.20. The van der Waals surface area contributed by atoms with Crippen LogP contribution < -0.4 is 10.1 Å². The van der Waals surface area contributed by atoms with Gasteiger partial charge in [-0.2, -0.15) is 13.2 Å². The van der Waals surface area contributed by atoms with Gasteiger partial charge in [0, 0.05) is 11.6 Å². The second-order valence-corrected chi connectivity index (χ2v) is 6.35. The first-order valence-electron chi connectivity index (χ1n) is 8.45. The van der Waals surface area contributed by atoms with Crippen LogP contribution in [-0.4, -0.2) is 24.1 Å². The highest BCUT2D eigenvalue weighted by Gasteiger charge is 2.32. The fourth-order valence-electron chi connectivity index (χ4n) is 2.71. The summed E-state index contributed by atoms with van der Waals surface area (Å²) in [5, 5.41) is 11.9. The Labute approximate surface area is 160 Å². The molecule has 0 heterocycles. The number of rotatable bonds is 7. The molecule has 0 radical (unpaired) electrons. The van der Waals surface area contributed by atoms with Crippen molar-refractivity contribution in [3.8, 4) is 5.75 Å². The molecule has 8 heteroatoms. The molecule has 5 nitrogen and oxygen atoms in total. The SMILES string of the molecule is COc1ccc(C[C@@H](C(=O)O)[C@H](C)C(=O)Nc2cccc(C(F)(F)F)c2)cc1. The number of benzene rings is 2. The maximum atomic E-state index is 12.8. The van der Waals surface area contributed by atoms with E-state index in [0.717, 1.165) is 12.1 Å². The third kappa shape index (κ3) is 5.48. The van der Waals surface area contributed by atoms with Gasteiger partial charge in [0.25, 0.3) is 0 Å². The molecule has 1 amide bonds. The van der Waals surface area contributed by atoms with Crippen LogP contribution in [0.15, 0.2) is 48.5 Å². The number of anilines is 1. The molecule has 2 rings (SSSR count). The Kier molecular flexibility index (Phi) is 6.66. The van der Waals surface area contributed by atoms with Gasteiger partial charge in [0.15, 0.2) is 0 Å². The van der Waals surface area contributed by atoms with Gasteiger partial charge < -0.3 is 15.2 Å². The number of hydrogen-bond donors (Lipinski definition) is 2. The van der Waals surface area contributed by atoms with Crippen LogP contribution in [0.3, 0.4) is 0 Å². The Balaban J connectivity index is 2.12. The van der Waals surface area contributed by atoms with Crippen LogP contribution in [0, 0.1) is 11.8 Å². The smallest absolute Gasteiger partial charge is 0.416 e. The minimum Gasteiger partial charge on any atom is -0.497 e. The summed E-state index contributed by atoms with van der Waals surface area (Å²) in [5.74, 6) is -3.22. The van der Waals surface area contributed by atoms with Gasteiger partial charge in [-0.25, -0.2) is 0 Å². The molecule has 0 unspecified atom stereocenters. The standard InChI is InChI=1S/C20H20F3NO4/c1-12(17(19(26)27)10-13-6-8-16(28-2)9-7-13)18(25)24-15-5-3-4-14(11-15)20(21,22)23/h3-9,11-12,17H,10H2,1-2H3,(H,24,25)(H,26,27)/t12-,17+/m0/s1. The normalized spacial score (nSPS) is 13.5. The van der Waals surface area contributed by atoms with Crippen molar-refractivity contribution in [2.75, 3.05) is 12.4 Å². The zero-order valence-electron chi connectivity index (χ0n) is 15.3. The highest BCUT2D eigenvalue weighted by atomic mass is 19.4. The van der Waals surface area contributed by atoms with Crippen molar-refractivity contribution >= 4 is 17.6 Å². The van der Waals surface area contributed by atoms with E-state index in [0.29, 0.717) is 11.3 Å². The number of carbonyl (C=O) groups is 2. The van der Waals surface area contributed by atoms with Gasteiger partial charge in [0.1, 0.15) is 5.75 Å². The molecule has 0 saturated carbocycles. The molecule has 2 aromatic carbocycles. The van der Waals surface area contributed by atoms with Gasteiger partial charge in [-0.05, 0) is 42.3 Å². The molecular formula is C20H20F3NO4. The lowest BCUT2D eigenvalue weighted by atomic mass is 9.87. The first-order valence-corrected chi connectivity index (χ1v) is 8.45. The summed E-state index contributed by atoms with van der Waals surface area (Å²) in [4.78, 5) is 24.1. The van der Waals surface area contributed by atoms with Crippen LogP contribution in [0.25, 0.3) is 0 Å². The predicted molar refractivity (Wildman–Crippen MR) is 97.1 cm³/mol. The number of nitrogens with one attached hydrogen (secondary N) is 1. The van der Waals surface area contributed by atoms with Crippen LogP contribution in [0.4, 0.5) is 18.9 Å². The molecule has 0 bridgehead atoms. The van der Waals surface area contributed by atoms with Crippen molar-refractivity contribution in [2.24, 2.45) is 11.8 Å². The molecule has 0 aliphatic heterocycles. The highest BCUT2D eigenvalue weighted by molar-refractivity contribution is 5.95. The summed E-state index contributed by atoms with van der Waals surface area (Å²) in [5.41, 5.74) is -0.238. The third-order valence-electron chi connectivity index (χ3n) is 4.41. The summed E-state index contributed by atoms with van der Waals surface area (Å²) in [6, 6.07) is 11.0. The number of methoxy groups -OCH3 is 1. The fraction of sp³-hybridized carbons (Fsp3) is 0.300. The fourth-order valence-corrected chi connectivity index (χ4v) is 2.71. The second kappa shape index (κ2) is 8.77. The minimum atomic E-state index is -4.54. The number of carboxylic acids is 1. The van der Waals surface area contributed by atoms with E-state index in [9.17, 15) is 27.9 Å². The van der Waals surface area contributed by atoms with E-state index in [-0.39, 0.29) is 12.1 Å². The van der Waals surface area contributed by atoms with E-state index >= 15 is 0 Å².